The fourth-order valence-corrected chi connectivity index (χ4v) is 3.18. The summed E-state index contributed by atoms with van der Waals surface area (Å²) in [5, 5.41) is 17.0. The molecule has 0 heterocycles. The molecule has 34 heavy (non-hydrogen) atoms. The number of carbonyl (C=O) groups is 4. The largest absolute Gasteiger partial charge is 0.467 e. The number of carbonyl (C=O) groups excluding carboxylic acids is 4. The monoisotopic (exact) mass is 479 g/mol. The number of hydrogen-bond acceptors (Lipinski definition) is 7. The third-order valence-corrected chi connectivity index (χ3v) is 4.85. The van der Waals surface area contributed by atoms with Gasteiger partial charge in [-0.3, -0.25) is 9.59 Å². The number of alkyl carbamates (subject to hydrolysis) is 1. The molecule has 10 heteroatoms. The van der Waals surface area contributed by atoms with E-state index in [1.807, 2.05) is 58.0 Å². The van der Waals surface area contributed by atoms with Crippen LogP contribution in [-0.4, -0.2) is 60.8 Å². The van der Waals surface area contributed by atoms with Gasteiger partial charge in [0.1, 0.15) is 18.7 Å². The standard InChI is InChI=1S/C24H37N3O7/c1-15(2)11-18(21(29)26-20(13-28)23(31)33-5)25-22(30)19(12-16(3)4)27-24(32)34-14-17-9-7-6-8-10-17/h6-10,15-16,18-20,28H,11-14H2,1-5H3,(H,25,30)(H,26,29)(H,27,32)/t18-,19+,20-/m0/s1. The zero-order chi connectivity index (χ0) is 25.7. The van der Waals surface area contributed by atoms with E-state index in [-0.39, 0.29) is 24.9 Å². The number of rotatable bonds is 13. The van der Waals surface area contributed by atoms with Crippen LogP contribution in [0, 0.1) is 11.8 Å². The highest BCUT2D eigenvalue weighted by atomic mass is 16.5. The van der Waals surface area contributed by atoms with Gasteiger partial charge in [-0.1, -0.05) is 58.0 Å². The van der Waals surface area contributed by atoms with Crippen LogP contribution >= 0.6 is 0 Å². The first-order valence-corrected chi connectivity index (χ1v) is 11.3. The Bertz CT molecular complexity index is 799. The summed E-state index contributed by atoms with van der Waals surface area (Å²) in [5.74, 6) is -1.88. The molecule has 3 atom stereocenters. The Morgan fingerprint density at radius 2 is 1.32 bits per heavy atom. The van der Waals surface area contributed by atoms with Crippen LogP contribution in [0.15, 0.2) is 30.3 Å². The van der Waals surface area contributed by atoms with Crippen molar-refractivity contribution in [1.82, 2.24) is 16.0 Å². The number of esters is 1. The number of benzene rings is 1. The van der Waals surface area contributed by atoms with Crippen LogP contribution in [0.4, 0.5) is 4.79 Å². The summed E-state index contributed by atoms with van der Waals surface area (Å²) in [5.41, 5.74) is 0.806. The van der Waals surface area contributed by atoms with Crippen LogP contribution in [0.25, 0.3) is 0 Å². The van der Waals surface area contributed by atoms with E-state index < -0.39 is 48.6 Å². The first-order valence-electron chi connectivity index (χ1n) is 11.3. The molecule has 0 aliphatic rings. The zero-order valence-electron chi connectivity index (χ0n) is 20.5. The van der Waals surface area contributed by atoms with Crippen molar-refractivity contribution in [3.05, 3.63) is 35.9 Å². The molecule has 1 aromatic rings. The lowest BCUT2D eigenvalue weighted by atomic mass is 10.00. The Balaban J connectivity index is 2.86. The number of hydrogen-bond donors (Lipinski definition) is 4. The molecule has 0 spiro atoms. The minimum atomic E-state index is -1.25. The molecular formula is C24H37N3O7. The lowest BCUT2D eigenvalue weighted by molar-refractivity contribution is -0.146. The minimum Gasteiger partial charge on any atom is -0.467 e. The fraction of sp³-hybridized carbons (Fsp3) is 0.583. The number of ether oxygens (including phenoxy) is 2. The van der Waals surface area contributed by atoms with Gasteiger partial charge in [0, 0.05) is 0 Å². The molecule has 0 aromatic heterocycles. The second-order valence-corrected chi connectivity index (χ2v) is 8.85. The summed E-state index contributed by atoms with van der Waals surface area (Å²) in [4.78, 5) is 49.8. The average Bonchev–Trinajstić information content (AvgIpc) is 2.79. The lowest BCUT2D eigenvalue weighted by Gasteiger charge is -2.26. The predicted molar refractivity (Wildman–Crippen MR) is 125 cm³/mol. The van der Waals surface area contributed by atoms with Crippen LogP contribution in [0.2, 0.25) is 0 Å². The van der Waals surface area contributed by atoms with Gasteiger partial charge in [-0.05, 0) is 30.2 Å². The van der Waals surface area contributed by atoms with Gasteiger partial charge in [-0.2, -0.15) is 0 Å². The van der Waals surface area contributed by atoms with E-state index >= 15 is 0 Å². The topological polar surface area (TPSA) is 143 Å². The number of amides is 3. The van der Waals surface area contributed by atoms with Crippen molar-refractivity contribution in [2.24, 2.45) is 11.8 Å². The van der Waals surface area contributed by atoms with E-state index in [0.29, 0.717) is 6.42 Å². The van der Waals surface area contributed by atoms with E-state index in [4.69, 9.17) is 4.74 Å². The van der Waals surface area contributed by atoms with Gasteiger partial charge in [-0.15, -0.1) is 0 Å². The van der Waals surface area contributed by atoms with Crippen LogP contribution < -0.4 is 16.0 Å². The third kappa shape index (κ3) is 10.7. The maximum Gasteiger partial charge on any atom is 0.408 e. The van der Waals surface area contributed by atoms with Crippen LogP contribution in [0.1, 0.15) is 46.1 Å². The average molecular weight is 480 g/mol. The number of aliphatic hydroxyl groups excluding tert-OH is 1. The molecule has 0 radical (unpaired) electrons. The van der Waals surface area contributed by atoms with E-state index in [2.05, 4.69) is 20.7 Å². The third-order valence-electron chi connectivity index (χ3n) is 4.85. The maximum atomic E-state index is 13.0. The highest BCUT2D eigenvalue weighted by Crippen LogP contribution is 2.10. The highest BCUT2D eigenvalue weighted by Gasteiger charge is 2.30. The molecule has 0 aliphatic heterocycles. The minimum absolute atomic E-state index is 0.0362. The summed E-state index contributed by atoms with van der Waals surface area (Å²) in [6, 6.07) is 5.97. The van der Waals surface area contributed by atoms with E-state index in [1.54, 1.807) is 0 Å². The van der Waals surface area contributed by atoms with Crippen LogP contribution in [0.3, 0.4) is 0 Å². The first kappa shape index (κ1) is 28.9. The van der Waals surface area contributed by atoms with Crippen LogP contribution in [0.5, 0.6) is 0 Å². The number of methoxy groups -OCH3 is 1. The molecule has 1 aromatic carbocycles. The smallest absolute Gasteiger partial charge is 0.408 e. The molecule has 0 saturated carbocycles. The SMILES string of the molecule is COC(=O)[C@H](CO)NC(=O)[C@H](CC(C)C)NC(=O)[C@@H](CC(C)C)NC(=O)OCc1ccccc1. The van der Waals surface area contributed by atoms with Crippen molar-refractivity contribution in [2.75, 3.05) is 13.7 Å². The molecule has 0 unspecified atom stereocenters. The Labute approximate surface area is 200 Å². The molecule has 10 nitrogen and oxygen atoms in total. The lowest BCUT2D eigenvalue weighted by Crippen LogP contribution is -2.56. The van der Waals surface area contributed by atoms with Gasteiger partial charge < -0.3 is 30.5 Å². The molecule has 4 N–H and O–H groups in total. The second-order valence-electron chi connectivity index (χ2n) is 8.85. The molecule has 1 rings (SSSR count). The molecular weight excluding hydrogens is 442 g/mol. The molecule has 190 valence electrons. The second kappa shape index (κ2) is 14.9. The van der Waals surface area contributed by atoms with E-state index in [0.717, 1.165) is 12.7 Å². The number of aliphatic hydroxyl groups is 1. The summed E-state index contributed by atoms with van der Waals surface area (Å²) >= 11 is 0. The van der Waals surface area contributed by atoms with Gasteiger partial charge >= 0.3 is 12.1 Å². The van der Waals surface area contributed by atoms with Crippen molar-refractivity contribution in [2.45, 2.75) is 65.3 Å². The summed E-state index contributed by atoms with van der Waals surface area (Å²) < 4.78 is 9.79. The molecule has 0 saturated heterocycles. The zero-order valence-corrected chi connectivity index (χ0v) is 20.5. The van der Waals surface area contributed by atoms with Crippen molar-refractivity contribution in [1.29, 1.82) is 0 Å². The van der Waals surface area contributed by atoms with Crippen LogP contribution in [-0.2, 0) is 30.5 Å². The summed E-state index contributed by atoms with van der Waals surface area (Å²) in [6.07, 6.45) is -0.145. The molecule has 0 fully saturated rings. The molecule has 0 bridgehead atoms. The number of nitrogens with one attached hydrogen (secondary N) is 3. The Morgan fingerprint density at radius 3 is 1.79 bits per heavy atom. The summed E-state index contributed by atoms with van der Waals surface area (Å²) in [6.45, 7) is 6.96. The fourth-order valence-electron chi connectivity index (χ4n) is 3.18. The van der Waals surface area contributed by atoms with Gasteiger partial charge in [0.15, 0.2) is 6.04 Å². The van der Waals surface area contributed by atoms with Gasteiger partial charge in [0.05, 0.1) is 13.7 Å². The maximum absolute atomic E-state index is 13.0. The molecule has 3 amide bonds. The van der Waals surface area contributed by atoms with Gasteiger partial charge in [0.2, 0.25) is 11.8 Å². The predicted octanol–water partition coefficient (Wildman–Crippen LogP) is 1.51. The van der Waals surface area contributed by atoms with E-state index in [9.17, 15) is 24.3 Å². The first-order chi connectivity index (χ1) is 16.1. The molecule has 0 aliphatic carbocycles. The summed E-state index contributed by atoms with van der Waals surface area (Å²) in [7, 11) is 1.14. The van der Waals surface area contributed by atoms with Gasteiger partial charge in [0.25, 0.3) is 0 Å². The van der Waals surface area contributed by atoms with Crippen molar-refractivity contribution in [3.63, 3.8) is 0 Å². The Hall–Kier alpha value is -3.14. The van der Waals surface area contributed by atoms with E-state index in [1.165, 1.54) is 0 Å². The Kier molecular flexibility index (Phi) is 12.7. The quantitative estimate of drug-likeness (QED) is 0.314. The Morgan fingerprint density at radius 1 is 0.824 bits per heavy atom. The highest BCUT2D eigenvalue weighted by molar-refractivity contribution is 5.93. The van der Waals surface area contributed by atoms with Gasteiger partial charge in [-0.25, -0.2) is 9.59 Å². The normalized spacial score (nSPS) is 13.5. The van der Waals surface area contributed by atoms with Crippen molar-refractivity contribution >= 4 is 23.9 Å². The van der Waals surface area contributed by atoms with Crippen molar-refractivity contribution < 1.29 is 33.8 Å². The van der Waals surface area contributed by atoms with Crippen molar-refractivity contribution in [3.8, 4) is 0 Å².